The first-order valence-corrected chi connectivity index (χ1v) is 1.15. The van der Waals surface area contributed by atoms with E-state index in [4.69, 9.17) is 30.3 Å². The molecule has 0 aromatic rings. The molecule has 0 aromatic heterocycles. The van der Waals surface area contributed by atoms with Gasteiger partial charge < -0.3 is 34.1 Å². The van der Waals surface area contributed by atoms with Crippen LogP contribution in [0.1, 0.15) is 0 Å². The number of nitrogens with two attached hydrogens (primary N) is 3. The maximum Gasteiger partial charge on any atom is 3.00 e. The molecule has 0 aromatic carbocycles. The van der Waals surface area contributed by atoms with Gasteiger partial charge in [0.25, 0.3) is 0 Å². The molecule has 0 saturated heterocycles. The third-order valence-corrected chi connectivity index (χ3v) is 0. The van der Waals surface area contributed by atoms with Crippen LogP contribution in [0.2, 0.25) is 0 Å². The van der Waals surface area contributed by atoms with Crippen molar-refractivity contribution in [2.24, 2.45) is 16.0 Å². The Hall–Kier alpha value is -1.41. The molecule has 0 unspecified atom stereocenters. The normalized spacial score (nSPS) is 2.77. The average molecular weight is 248 g/mol. The molecular formula is H9CoN6O6. The van der Waals surface area contributed by atoms with Crippen LogP contribution in [0.15, 0.2) is 16.0 Å². The van der Waals surface area contributed by atoms with Crippen LogP contribution in [0.4, 0.5) is 0 Å². The van der Waals surface area contributed by atoms with Crippen molar-refractivity contribution in [3.05, 3.63) is 33.2 Å². The third kappa shape index (κ3) is 391. The van der Waals surface area contributed by atoms with Gasteiger partial charge in [-0.15, -0.1) is 14.7 Å². The summed E-state index contributed by atoms with van der Waals surface area (Å²) in [5, 5.41) is 23.7. The molecule has 0 rings (SSSR count). The Balaban J connectivity index is -0.00000000720. The molecule has 0 aliphatic heterocycles. The number of hydrogen-bond donors (Lipinski definition) is 3. The van der Waals surface area contributed by atoms with E-state index in [1.807, 2.05) is 0 Å². The number of nitrogens with zero attached hydrogens (tertiary/aromatic N) is 3. The zero-order chi connectivity index (χ0) is 8.12. The van der Waals surface area contributed by atoms with E-state index in [9.17, 15) is 0 Å². The molecule has 0 aliphatic rings. The van der Waals surface area contributed by atoms with Crippen LogP contribution in [-0.2, 0) is 16.8 Å². The van der Waals surface area contributed by atoms with Crippen molar-refractivity contribution >= 4 is 0 Å². The average Bonchev–Trinajstić information content (AvgIpc) is 1.70. The summed E-state index contributed by atoms with van der Waals surface area (Å²) in [7, 11) is 0. The fraction of sp³-hybridized carbons (Fsp3) is 0. The zero-order valence-electron chi connectivity index (χ0n) is 5.97. The number of rotatable bonds is 0. The summed E-state index contributed by atoms with van der Waals surface area (Å²) in [6.07, 6.45) is 0. The van der Waals surface area contributed by atoms with Crippen LogP contribution in [-0.4, -0.2) is 15.6 Å². The Labute approximate surface area is 82.4 Å². The molecule has 0 bridgehead atoms. The van der Waals surface area contributed by atoms with Gasteiger partial charge in [0.15, 0.2) is 16.0 Å². The first-order chi connectivity index (χ1) is 4.24. The molecular weight excluding hydrogens is 239 g/mol. The SMILES string of the molecule is O=NO.O=NO.O=NO.[Co+3].[NH2-].[NH2-].[NH2-]. The molecule has 84 valence electrons. The van der Waals surface area contributed by atoms with Crippen molar-refractivity contribution in [2.75, 3.05) is 0 Å². The second-order valence-corrected chi connectivity index (χ2v) is 0.245. The smallest absolute Gasteiger partial charge is 0.693 e. The second-order valence-electron chi connectivity index (χ2n) is 0.245. The van der Waals surface area contributed by atoms with E-state index in [0.717, 1.165) is 0 Å². The zero-order valence-corrected chi connectivity index (χ0v) is 7.01. The first-order valence-electron chi connectivity index (χ1n) is 1.15. The Morgan fingerprint density at radius 3 is 0.615 bits per heavy atom. The molecule has 0 fully saturated rings. The Morgan fingerprint density at radius 1 is 0.615 bits per heavy atom. The standard InChI is InChI=1S/Co.3HNO2.3H2N/c;3*2-1-3;;;/h;3*(H,2,3);3*1H2/q+3;;;;3*-1. The number of hydrogen-bond acceptors (Lipinski definition) is 6. The van der Waals surface area contributed by atoms with Crippen molar-refractivity contribution in [3.63, 3.8) is 0 Å². The van der Waals surface area contributed by atoms with Gasteiger partial charge in [0.1, 0.15) is 0 Å². The van der Waals surface area contributed by atoms with Crippen LogP contribution in [0.25, 0.3) is 18.5 Å². The van der Waals surface area contributed by atoms with Gasteiger partial charge in [-0.05, 0) is 0 Å². The topological polar surface area (TPSA) is 249 Å². The first kappa shape index (κ1) is 61.7. The third-order valence-electron chi connectivity index (χ3n) is 0. The molecule has 0 radical (unpaired) electrons. The van der Waals surface area contributed by atoms with E-state index >= 15 is 0 Å². The molecule has 13 heavy (non-hydrogen) atoms. The Bertz CT molecular complexity index is 53.9. The summed E-state index contributed by atoms with van der Waals surface area (Å²) in [6.45, 7) is 0. The van der Waals surface area contributed by atoms with Gasteiger partial charge in [-0.1, -0.05) is 0 Å². The molecule has 0 amide bonds. The van der Waals surface area contributed by atoms with Gasteiger partial charge in [-0.2, -0.15) is 0 Å². The summed E-state index contributed by atoms with van der Waals surface area (Å²) >= 11 is 0. The van der Waals surface area contributed by atoms with E-state index in [1.165, 1.54) is 16.0 Å². The minimum Gasteiger partial charge on any atom is -0.693 e. The van der Waals surface area contributed by atoms with Gasteiger partial charge in [0.2, 0.25) is 0 Å². The quantitative estimate of drug-likeness (QED) is 0.428. The van der Waals surface area contributed by atoms with Crippen molar-refractivity contribution in [1.29, 1.82) is 0 Å². The van der Waals surface area contributed by atoms with Gasteiger partial charge in [-0.3, -0.25) is 0 Å². The minimum atomic E-state index is 0. The van der Waals surface area contributed by atoms with E-state index in [1.54, 1.807) is 0 Å². The predicted octanol–water partition coefficient (Wildman–Crippen LogP) is 2.57. The molecule has 0 spiro atoms. The maximum absolute atomic E-state index is 8.11. The molecule has 0 saturated carbocycles. The summed E-state index contributed by atoms with van der Waals surface area (Å²) in [5.41, 5.74) is 0. The van der Waals surface area contributed by atoms with Gasteiger partial charge in [-0.25, -0.2) is 0 Å². The van der Waals surface area contributed by atoms with Crippen molar-refractivity contribution < 1.29 is 32.4 Å². The molecule has 12 nitrogen and oxygen atoms in total. The van der Waals surface area contributed by atoms with Crippen molar-refractivity contribution in [1.82, 2.24) is 0 Å². The van der Waals surface area contributed by atoms with Crippen LogP contribution in [0.3, 0.4) is 0 Å². The summed E-state index contributed by atoms with van der Waals surface area (Å²) < 4.78 is 0. The summed E-state index contributed by atoms with van der Waals surface area (Å²) in [6, 6.07) is 0. The summed E-state index contributed by atoms with van der Waals surface area (Å²) in [5.74, 6) is 0. The van der Waals surface area contributed by atoms with Crippen LogP contribution < -0.4 is 0 Å². The Morgan fingerprint density at radius 2 is 0.615 bits per heavy atom. The summed E-state index contributed by atoms with van der Waals surface area (Å²) in [4.78, 5) is 24.3. The Kier molecular flexibility index (Phi) is 1840. The molecule has 13 heteroatoms. The van der Waals surface area contributed by atoms with Gasteiger partial charge >= 0.3 is 16.8 Å². The maximum atomic E-state index is 8.11. The van der Waals surface area contributed by atoms with Gasteiger partial charge in [0, 0.05) is 0 Å². The molecule has 0 aliphatic carbocycles. The van der Waals surface area contributed by atoms with E-state index in [-0.39, 0.29) is 35.2 Å². The monoisotopic (exact) mass is 248 g/mol. The molecule has 0 heterocycles. The fourth-order valence-electron chi connectivity index (χ4n) is 0. The fourth-order valence-corrected chi connectivity index (χ4v) is 0. The van der Waals surface area contributed by atoms with Crippen LogP contribution in [0.5, 0.6) is 0 Å². The van der Waals surface area contributed by atoms with E-state index < -0.39 is 0 Å². The van der Waals surface area contributed by atoms with E-state index in [2.05, 4.69) is 0 Å². The van der Waals surface area contributed by atoms with E-state index in [0.29, 0.717) is 0 Å². The van der Waals surface area contributed by atoms with Crippen molar-refractivity contribution in [3.8, 4) is 0 Å². The second kappa shape index (κ2) is 387. The van der Waals surface area contributed by atoms with Crippen molar-refractivity contribution in [2.45, 2.75) is 0 Å². The molecule has 0 atom stereocenters. The van der Waals surface area contributed by atoms with Crippen LogP contribution in [0, 0.1) is 14.7 Å². The minimum absolute atomic E-state index is 0. The van der Waals surface area contributed by atoms with Crippen LogP contribution >= 0.6 is 0 Å². The largest absolute Gasteiger partial charge is 3.00 e. The molecule has 9 N–H and O–H groups in total. The van der Waals surface area contributed by atoms with Gasteiger partial charge in [0.05, 0.1) is 0 Å². The predicted molar refractivity (Wildman–Crippen MR) is 38.6 cm³/mol.